The Hall–Kier alpha value is -3.20. The van der Waals surface area contributed by atoms with Crippen molar-refractivity contribution in [1.29, 1.82) is 5.26 Å². The fraction of sp³-hybridized carbons (Fsp3) is 0.263. The standard InChI is InChI=1S/C19H18N6/c20-10-15-4-3-8-21-19(15)23-11-14-7-9-25(13-14)18-12-22-16-5-1-2-6-17(16)24-18/h1-6,8,12,14H,7,9,11,13H2,(H,21,23)/t14-/m1/s1. The van der Waals surface area contributed by atoms with E-state index in [9.17, 15) is 0 Å². The highest BCUT2D eigenvalue weighted by molar-refractivity contribution is 5.75. The van der Waals surface area contributed by atoms with Crippen molar-refractivity contribution in [2.45, 2.75) is 6.42 Å². The van der Waals surface area contributed by atoms with Crippen LogP contribution in [0.25, 0.3) is 11.0 Å². The minimum absolute atomic E-state index is 0.488. The van der Waals surface area contributed by atoms with Crippen LogP contribution < -0.4 is 10.2 Å². The van der Waals surface area contributed by atoms with Crippen molar-refractivity contribution < 1.29 is 0 Å². The van der Waals surface area contributed by atoms with E-state index in [1.807, 2.05) is 30.5 Å². The maximum absolute atomic E-state index is 9.13. The van der Waals surface area contributed by atoms with Gasteiger partial charge in [0.2, 0.25) is 0 Å². The minimum Gasteiger partial charge on any atom is -0.369 e. The molecule has 1 saturated heterocycles. The number of hydrogen-bond donors (Lipinski definition) is 1. The van der Waals surface area contributed by atoms with E-state index in [0.29, 0.717) is 17.3 Å². The normalized spacial score (nSPS) is 16.8. The maximum Gasteiger partial charge on any atom is 0.147 e. The van der Waals surface area contributed by atoms with Crippen LogP contribution in [0.4, 0.5) is 11.6 Å². The van der Waals surface area contributed by atoms with E-state index < -0.39 is 0 Å². The van der Waals surface area contributed by atoms with Crippen LogP contribution in [0.1, 0.15) is 12.0 Å². The third kappa shape index (κ3) is 3.22. The second-order valence-electron chi connectivity index (χ2n) is 6.21. The summed E-state index contributed by atoms with van der Waals surface area (Å²) in [6.45, 7) is 2.69. The lowest BCUT2D eigenvalue weighted by atomic mass is 10.1. The maximum atomic E-state index is 9.13. The SMILES string of the molecule is N#Cc1cccnc1NC[C@H]1CCN(c2cnc3ccccc3n2)C1. The second kappa shape index (κ2) is 6.73. The summed E-state index contributed by atoms with van der Waals surface area (Å²) in [6, 6.07) is 13.6. The summed E-state index contributed by atoms with van der Waals surface area (Å²) in [5.74, 6) is 2.08. The van der Waals surface area contributed by atoms with Crippen LogP contribution in [-0.2, 0) is 0 Å². The Morgan fingerprint density at radius 2 is 2.04 bits per heavy atom. The Balaban J connectivity index is 1.41. The minimum atomic E-state index is 0.488. The van der Waals surface area contributed by atoms with Crippen molar-refractivity contribution in [3.63, 3.8) is 0 Å². The van der Waals surface area contributed by atoms with Gasteiger partial charge < -0.3 is 10.2 Å². The lowest BCUT2D eigenvalue weighted by Crippen LogP contribution is -2.23. The van der Waals surface area contributed by atoms with Gasteiger partial charge in [-0.3, -0.25) is 4.98 Å². The summed E-state index contributed by atoms with van der Waals surface area (Å²) in [6.07, 6.45) is 4.63. The average molecular weight is 330 g/mol. The summed E-state index contributed by atoms with van der Waals surface area (Å²) in [4.78, 5) is 15.8. The number of pyridine rings is 1. The molecule has 1 N–H and O–H groups in total. The van der Waals surface area contributed by atoms with Crippen molar-refractivity contribution in [2.24, 2.45) is 5.92 Å². The molecule has 0 radical (unpaired) electrons. The molecule has 3 aromatic rings. The zero-order valence-electron chi connectivity index (χ0n) is 13.8. The van der Waals surface area contributed by atoms with Gasteiger partial charge >= 0.3 is 0 Å². The molecule has 0 spiro atoms. The van der Waals surface area contributed by atoms with E-state index >= 15 is 0 Å². The summed E-state index contributed by atoms with van der Waals surface area (Å²) >= 11 is 0. The average Bonchev–Trinajstić information content (AvgIpc) is 3.15. The molecular weight excluding hydrogens is 312 g/mol. The van der Waals surface area contributed by atoms with Crippen LogP contribution in [0.15, 0.2) is 48.8 Å². The Morgan fingerprint density at radius 1 is 1.16 bits per heavy atom. The van der Waals surface area contributed by atoms with Crippen molar-refractivity contribution >= 4 is 22.7 Å². The molecule has 1 atom stereocenters. The van der Waals surface area contributed by atoms with Crippen LogP contribution in [0.3, 0.4) is 0 Å². The molecule has 0 saturated carbocycles. The first-order chi connectivity index (χ1) is 12.3. The van der Waals surface area contributed by atoms with Gasteiger partial charge in [-0.05, 0) is 36.6 Å². The van der Waals surface area contributed by atoms with E-state index in [1.54, 1.807) is 18.3 Å². The van der Waals surface area contributed by atoms with Gasteiger partial charge in [-0.25, -0.2) is 9.97 Å². The smallest absolute Gasteiger partial charge is 0.147 e. The molecule has 1 aliphatic heterocycles. The van der Waals surface area contributed by atoms with Crippen LogP contribution >= 0.6 is 0 Å². The van der Waals surface area contributed by atoms with Gasteiger partial charge in [0.1, 0.15) is 17.7 Å². The molecule has 1 aliphatic rings. The van der Waals surface area contributed by atoms with Gasteiger partial charge in [0, 0.05) is 25.8 Å². The fourth-order valence-electron chi connectivity index (χ4n) is 3.18. The van der Waals surface area contributed by atoms with Crippen molar-refractivity contribution in [3.05, 3.63) is 54.4 Å². The number of hydrogen-bond acceptors (Lipinski definition) is 6. The third-order valence-corrected chi connectivity index (χ3v) is 4.53. The summed E-state index contributed by atoms with van der Waals surface area (Å²) in [5.41, 5.74) is 2.43. The largest absolute Gasteiger partial charge is 0.369 e. The molecular formula is C19H18N6. The second-order valence-corrected chi connectivity index (χ2v) is 6.21. The van der Waals surface area contributed by atoms with Gasteiger partial charge in [-0.2, -0.15) is 5.26 Å². The van der Waals surface area contributed by atoms with E-state index in [2.05, 4.69) is 26.3 Å². The number of anilines is 2. The van der Waals surface area contributed by atoms with Gasteiger partial charge in [-0.15, -0.1) is 0 Å². The first kappa shape index (κ1) is 15.3. The lowest BCUT2D eigenvalue weighted by molar-refractivity contribution is 0.620. The summed E-state index contributed by atoms with van der Waals surface area (Å²) in [7, 11) is 0. The fourth-order valence-corrected chi connectivity index (χ4v) is 3.18. The topological polar surface area (TPSA) is 77.7 Å². The van der Waals surface area contributed by atoms with Gasteiger partial charge in [0.15, 0.2) is 0 Å². The molecule has 2 aromatic heterocycles. The highest BCUT2D eigenvalue weighted by atomic mass is 15.2. The highest BCUT2D eigenvalue weighted by Crippen LogP contribution is 2.23. The van der Waals surface area contributed by atoms with E-state index in [4.69, 9.17) is 10.2 Å². The molecule has 25 heavy (non-hydrogen) atoms. The van der Waals surface area contributed by atoms with Crippen molar-refractivity contribution in [3.8, 4) is 6.07 Å². The number of para-hydroxylation sites is 2. The number of nitriles is 1. The Labute approximate surface area is 146 Å². The van der Waals surface area contributed by atoms with Gasteiger partial charge in [-0.1, -0.05) is 12.1 Å². The first-order valence-corrected chi connectivity index (χ1v) is 8.39. The van der Waals surface area contributed by atoms with Crippen LogP contribution in [0, 0.1) is 17.2 Å². The molecule has 0 amide bonds. The van der Waals surface area contributed by atoms with E-state index in [0.717, 1.165) is 42.9 Å². The number of benzene rings is 1. The number of nitrogens with zero attached hydrogens (tertiary/aromatic N) is 5. The first-order valence-electron chi connectivity index (χ1n) is 8.39. The molecule has 0 unspecified atom stereocenters. The van der Waals surface area contributed by atoms with E-state index in [-0.39, 0.29) is 0 Å². The zero-order valence-corrected chi connectivity index (χ0v) is 13.8. The Kier molecular flexibility index (Phi) is 4.13. The zero-order chi connectivity index (χ0) is 17.1. The quantitative estimate of drug-likeness (QED) is 0.792. The number of nitrogens with one attached hydrogen (secondary N) is 1. The Bertz CT molecular complexity index is 932. The highest BCUT2D eigenvalue weighted by Gasteiger charge is 2.24. The lowest BCUT2D eigenvalue weighted by Gasteiger charge is -2.18. The number of fused-ring (bicyclic) bond motifs is 1. The Morgan fingerprint density at radius 3 is 2.92 bits per heavy atom. The van der Waals surface area contributed by atoms with E-state index in [1.165, 1.54) is 0 Å². The van der Waals surface area contributed by atoms with Crippen LogP contribution in [0.2, 0.25) is 0 Å². The van der Waals surface area contributed by atoms with Crippen molar-refractivity contribution in [1.82, 2.24) is 15.0 Å². The summed E-state index contributed by atoms with van der Waals surface area (Å²) < 4.78 is 0. The monoisotopic (exact) mass is 330 g/mol. The van der Waals surface area contributed by atoms with Gasteiger partial charge in [0.25, 0.3) is 0 Å². The molecule has 6 nitrogen and oxygen atoms in total. The molecule has 6 heteroatoms. The summed E-state index contributed by atoms with van der Waals surface area (Å²) in [5, 5.41) is 12.4. The predicted molar refractivity (Wildman–Crippen MR) is 97.3 cm³/mol. The molecule has 1 fully saturated rings. The van der Waals surface area contributed by atoms with Gasteiger partial charge in [0.05, 0.1) is 22.8 Å². The molecule has 0 aliphatic carbocycles. The molecule has 3 heterocycles. The number of aromatic nitrogens is 3. The molecule has 4 rings (SSSR count). The third-order valence-electron chi connectivity index (χ3n) is 4.53. The van der Waals surface area contributed by atoms with Crippen LogP contribution in [0.5, 0.6) is 0 Å². The molecule has 1 aromatic carbocycles. The van der Waals surface area contributed by atoms with Crippen molar-refractivity contribution in [2.75, 3.05) is 29.9 Å². The predicted octanol–water partition coefficient (Wildman–Crippen LogP) is 2.83. The molecule has 0 bridgehead atoms. The number of rotatable bonds is 4. The molecule has 124 valence electrons. The van der Waals surface area contributed by atoms with Crippen LogP contribution in [-0.4, -0.2) is 34.6 Å².